The fourth-order valence-electron chi connectivity index (χ4n) is 3.64. The van der Waals surface area contributed by atoms with Gasteiger partial charge < -0.3 is 20.3 Å². The van der Waals surface area contributed by atoms with E-state index in [1.807, 2.05) is 14.0 Å². The summed E-state index contributed by atoms with van der Waals surface area (Å²) in [6, 6.07) is 6.85. The minimum absolute atomic E-state index is 0. The van der Waals surface area contributed by atoms with Crippen LogP contribution in [0, 0.1) is 12.8 Å². The monoisotopic (exact) mass is 517 g/mol. The highest BCUT2D eigenvalue weighted by molar-refractivity contribution is 14.0. The first kappa shape index (κ1) is 26.0. The molecule has 1 aliphatic heterocycles. The van der Waals surface area contributed by atoms with E-state index in [1.165, 1.54) is 5.56 Å². The fourth-order valence-corrected chi connectivity index (χ4v) is 3.64. The number of aliphatic imine (C=N–C) groups is 1. The molecule has 1 atom stereocenters. The highest BCUT2D eigenvalue weighted by Crippen LogP contribution is 2.20. The van der Waals surface area contributed by atoms with E-state index in [0.29, 0.717) is 25.1 Å². The predicted molar refractivity (Wildman–Crippen MR) is 134 cm³/mol. The number of aryl methyl sites for hydroxylation is 1. The Balaban J connectivity index is 0.00000420. The third-order valence-electron chi connectivity index (χ3n) is 5.45. The first-order valence-corrected chi connectivity index (χ1v) is 10.5. The molecule has 1 saturated heterocycles. The molecule has 29 heavy (non-hydrogen) atoms. The SMILES string of the molecule is CCOc1cc(C)ccc1CNC(=NC)NCC(C(C)C)N1CCN(C)CC1.I. The van der Waals surface area contributed by atoms with E-state index in [1.54, 1.807) is 0 Å². The lowest BCUT2D eigenvalue weighted by Gasteiger charge is -2.40. The van der Waals surface area contributed by atoms with Crippen LogP contribution in [0.15, 0.2) is 23.2 Å². The van der Waals surface area contributed by atoms with Crippen molar-refractivity contribution < 1.29 is 4.74 Å². The predicted octanol–water partition coefficient (Wildman–Crippen LogP) is 2.95. The number of nitrogens with zero attached hydrogens (tertiary/aromatic N) is 3. The number of rotatable bonds is 8. The second-order valence-electron chi connectivity index (χ2n) is 8.00. The van der Waals surface area contributed by atoms with E-state index in [9.17, 15) is 0 Å². The van der Waals surface area contributed by atoms with Crippen molar-refractivity contribution in [2.45, 2.75) is 40.3 Å². The number of piperazine rings is 1. The number of ether oxygens (including phenoxy) is 1. The molecule has 6 nitrogen and oxygen atoms in total. The third-order valence-corrected chi connectivity index (χ3v) is 5.45. The first-order valence-electron chi connectivity index (χ1n) is 10.5. The maximum absolute atomic E-state index is 5.79. The third kappa shape index (κ3) is 8.30. The van der Waals surface area contributed by atoms with Gasteiger partial charge in [0, 0.05) is 57.9 Å². The van der Waals surface area contributed by atoms with Crippen LogP contribution in [0.25, 0.3) is 0 Å². The van der Waals surface area contributed by atoms with Crippen LogP contribution in [0.2, 0.25) is 0 Å². The van der Waals surface area contributed by atoms with Crippen molar-refractivity contribution >= 4 is 29.9 Å². The van der Waals surface area contributed by atoms with Crippen molar-refractivity contribution in [3.8, 4) is 5.75 Å². The van der Waals surface area contributed by atoms with Gasteiger partial charge in [-0.15, -0.1) is 24.0 Å². The Morgan fingerprint density at radius 1 is 1.17 bits per heavy atom. The zero-order valence-corrected chi connectivity index (χ0v) is 21.3. The van der Waals surface area contributed by atoms with Crippen LogP contribution in [0.5, 0.6) is 5.75 Å². The standard InChI is InChI=1S/C22H39N5O.HI/c1-7-28-21-14-18(4)8-9-19(21)15-24-22(23-5)25-16-20(17(2)3)27-12-10-26(6)11-13-27;/h8-9,14,17,20H,7,10-13,15-16H2,1-6H3,(H2,23,24,25);1H. The van der Waals surface area contributed by atoms with E-state index in [4.69, 9.17) is 4.74 Å². The van der Waals surface area contributed by atoms with E-state index >= 15 is 0 Å². The number of benzene rings is 1. The Morgan fingerprint density at radius 3 is 2.45 bits per heavy atom. The quantitative estimate of drug-likeness (QED) is 0.316. The summed E-state index contributed by atoms with van der Waals surface area (Å²) in [7, 11) is 4.03. The van der Waals surface area contributed by atoms with E-state index < -0.39 is 0 Å². The average Bonchev–Trinajstić information content (AvgIpc) is 2.67. The first-order chi connectivity index (χ1) is 13.4. The minimum Gasteiger partial charge on any atom is -0.494 e. The summed E-state index contributed by atoms with van der Waals surface area (Å²) < 4.78 is 5.79. The van der Waals surface area contributed by atoms with E-state index in [2.05, 4.69) is 71.4 Å². The molecule has 1 heterocycles. The molecule has 1 fully saturated rings. The highest BCUT2D eigenvalue weighted by atomic mass is 127. The van der Waals surface area contributed by atoms with Crippen molar-refractivity contribution in [3.63, 3.8) is 0 Å². The molecule has 7 heteroatoms. The molecule has 0 saturated carbocycles. The Hall–Kier alpha value is -1.06. The summed E-state index contributed by atoms with van der Waals surface area (Å²) in [4.78, 5) is 9.42. The summed E-state index contributed by atoms with van der Waals surface area (Å²) >= 11 is 0. The lowest BCUT2D eigenvalue weighted by atomic mass is 10.0. The van der Waals surface area contributed by atoms with Gasteiger partial charge in [0.2, 0.25) is 0 Å². The molecule has 0 bridgehead atoms. The number of nitrogens with one attached hydrogen (secondary N) is 2. The molecule has 0 aliphatic carbocycles. The maximum Gasteiger partial charge on any atom is 0.191 e. The molecule has 0 amide bonds. The van der Waals surface area contributed by atoms with Gasteiger partial charge in [-0.25, -0.2) is 0 Å². The van der Waals surface area contributed by atoms with E-state index in [0.717, 1.165) is 50.0 Å². The zero-order chi connectivity index (χ0) is 20.5. The number of guanidine groups is 1. The molecular formula is C22H40IN5O. The van der Waals surface area contributed by atoms with Crippen LogP contribution < -0.4 is 15.4 Å². The lowest BCUT2D eigenvalue weighted by Crippen LogP contribution is -2.55. The normalized spacial score (nSPS) is 17.0. The van der Waals surface area contributed by atoms with Gasteiger partial charge in [-0.2, -0.15) is 0 Å². The van der Waals surface area contributed by atoms with Crippen molar-refractivity contribution in [1.29, 1.82) is 0 Å². The van der Waals surface area contributed by atoms with Crippen LogP contribution in [-0.4, -0.2) is 75.2 Å². The fraction of sp³-hybridized carbons (Fsp3) is 0.682. The Bertz CT molecular complexity index is 630. The van der Waals surface area contributed by atoms with Crippen molar-refractivity contribution in [3.05, 3.63) is 29.3 Å². The Kier molecular flexibility index (Phi) is 11.9. The van der Waals surface area contributed by atoms with Gasteiger partial charge in [0.1, 0.15) is 5.75 Å². The molecule has 166 valence electrons. The van der Waals surface area contributed by atoms with Crippen molar-refractivity contribution in [2.75, 3.05) is 53.4 Å². The van der Waals surface area contributed by atoms with Crippen LogP contribution in [0.4, 0.5) is 0 Å². The number of hydrogen-bond donors (Lipinski definition) is 2. The Morgan fingerprint density at radius 2 is 1.86 bits per heavy atom. The number of halogens is 1. The van der Waals surface area contributed by atoms with Gasteiger partial charge in [-0.3, -0.25) is 9.89 Å². The molecule has 0 aromatic heterocycles. The van der Waals surface area contributed by atoms with Gasteiger partial charge >= 0.3 is 0 Å². The molecule has 0 spiro atoms. The molecule has 2 N–H and O–H groups in total. The summed E-state index contributed by atoms with van der Waals surface area (Å²) in [5.41, 5.74) is 2.36. The largest absolute Gasteiger partial charge is 0.494 e. The molecular weight excluding hydrogens is 477 g/mol. The average molecular weight is 518 g/mol. The van der Waals surface area contributed by atoms with Crippen molar-refractivity contribution in [1.82, 2.24) is 20.4 Å². The number of likely N-dealkylation sites (N-methyl/N-ethyl adjacent to an activating group) is 1. The molecule has 1 aliphatic rings. The molecule has 0 radical (unpaired) electrons. The van der Waals surface area contributed by atoms with Crippen molar-refractivity contribution in [2.24, 2.45) is 10.9 Å². The smallest absolute Gasteiger partial charge is 0.191 e. The van der Waals surface area contributed by atoms with Gasteiger partial charge in [0.15, 0.2) is 5.96 Å². The van der Waals surface area contributed by atoms with Gasteiger partial charge in [0.25, 0.3) is 0 Å². The van der Waals surface area contributed by atoms with Crippen LogP contribution in [0.1, 0.15) is 31.9 Å². The summed E-state index contributed by atoms with van der Waals surface area (Å²) in [6.07, 6.45) is 0. The van der Waals surface area contributed by atoms with Crippen LogP contribution >= 0.6 is 24.0 Å². The van der Waals surface area contributed by atoms with Gasteiger partial charge in [-0.1, -0.05) is 26.0 Å². The number of hydrogen-bond acceptors (Lipinski definition) is 4. The zero-order valence-electron chi connectivity index (χ0n) is 19.0. The maximum atomic E-state index is 5.79. The lowest BCUT2D eigenvalue weighted by molar-refractivity contribution is 0.0900. The molecule has 1 aromatic rings. The highest BCUT2D eigenvalue weighted by Gasteiger charge is 2.25. The Labute approximate surface area is 194 Å². The minimum atomic E-state index is 0. The summed E-state index contributed by atoms with van der Waals surface area (Å²) in [5.74, 6) is 2.38. The second kappa shape index (κ2) is 13.3. The van der Waals surface area contributed by atoms with Gasteiger partial charge in [-0.05, 0) is 38.4 Å². The molecule has 2 rings (SSSR count). The van der Waals surface area contributed by atoms with Crippen LogP contribution in [-0.2, 0) is 6.54 Å². The second-order valence-corrected chi connectivity index (χ2v) is 8.00. The summed E-state index contributed by atoms with van der Waals surface area (Å²) in [6.45, 7) is 15.5. The van der Waals surface area contributed by atoms with E-state index in [-0.39, 0.29) is 24.0 Å². The summed E-state index contributed by atoms with van der Waals surface area (Å²) in [5, 5.41) is 6.98. The van der Waals surface area contributed by atoms with Crippen LogP contribution in [0.3, 0.4) is 0 Å². The topological polar surface area (TPSA) is 52.1 Å². The van der Waals surface area contributed by atoms with Gasteiger partial charge in [0.05, 0.1) is 6.61 Å². The molecule has 1 aromatic carbocycles. The molecule has 1 unspecified atom stereocenters.